The average molecular weight is 407 g/mol. The van der Waals surface area contributed by atoms with Crippen LogP contribution in [0.3, 0.4) is 0 Å². The van der Waals surface area contributed by atoms with Crippen molar-refractivity contribution < 1.29 is 19.1 Å². The minimum absolute atomic E-state index is 0.0114. The van der Waals surface area contributed by atoms with E-state index in [4.69, 9.17) is 9.47 Å². The van der Waals surface area contributed by atoms with Gasteiger partial charge in [-0.1, -0.05) is 50.2 Å². The standard InChI is InChI=1S/C23H25N3O4/c1-4-16-10-9-11-17(5-2)21(16)24-20(27)15-30-23(28)22-19(29-3)14-26(25-22)18-12-7-6-8-13-18/h6-14H,4-5,15H2,1-3H3,(H,24,27). The van der Waals surface area contributed by atoms with Crippen molar-refractivity contribution >= 4 is 17.6 Å². The van der Waals surface area contributed by atoms with Crippen molar-refractivity contribution in [2.45, 2.75) is 26.7 Å². The summed E-state index contributed by atoms with van der Waals surface area (Å²) >= 11 is 0. The van der Waals surface area contributed by atoms with Crippen LogP contribution in [0.15, 0.2) is 54.7 Å². The summed E-state index contributed by atoms with van der Waals surface area (Å²) in [6.45, 7) is 3.64. The van der Waals surface area contributed by atoms with Gasteiger partial charge in [0, 0.05) is 5.69 Å². The predicted octanol–water partition coefficient (Wildman–Crippen LogP) is 3.80. The quantitative estimate of drug-likeness (QED) is 0.575. The van der Waals surface area contributed by atoms with Crippen molar-refractivity contribution in [3.63, 3.8) is 0 Å². The molecule has 0 atom stereocenters. The molecule has 0 aliphatic rings. The van der Waals surface area contributed by atoms with Gasteiger partial charge in [0.25, 0.3) is 5.91 Å². The molecule has 0 saturated carbocycles. The lowest BCUT2D eigenvalue weighted by atomic mass is 10.0. The molecular weight excluding hydrogens is 382 g/mol. The van der Waals surface area contributed by atoms with Gasteiger partial charge >= 0.3 is 5.97 Å². The zero-order valence-electron chi connectivity index (χ0n) is 17.3. The van der Waals surface area contributed by atoms with Crippen molar-refractivity contribution in [3.05, 3.63) is 71.5 Å². The number of hydrogen-bond donors (Lipinski definition) is 1. The molecule has 0 spiro atoms. The van der Waals surface area contributed by atoms with Crippen LogP contribution in [-0.2, 0) is 22.4 Å². The van der Waals surface area contributed by atoms with Crippen LogP contribution >= 0.6 is 0 Å². The summed E-state index contributed by atoms with van der Waals surface area (Å²) in [5.41, 5.74) is 3.65. The van der Waals surface area contributed by atoms with Crippen LogP contribution in [0.25, 0.3) is 5.69 Å². The van der Waals surface area contributed by atoms with Gasteiger partial charge in [-0.15, -0.1) is 0 Å². The lowest BCUT2D eigenvalue weighted by Gasteiger charge is -2.14. The number of aryl methyl sites for hydroxylation is 2. The Morgan fingerprint density at radius 3 is 2.27 bits per heavy atom. The molecule has 1 heterocycles. The van der Waals surface area contributed by atoms with Gasteiger partial charge in [-0.05, 0) is 36.1 Å². The molecule has 0 bridgehead atoms. The van der Waals surface area contributed by atoms with Gasteiger partial charge < -0.3 is 14.8 Å². The fraction of sp³-hybridized carbons (Fsp3) is 0.261. The molecule has 0 saturated heterocycles. The Bertz CT molecular complexity index is 1010. The summed E-state index contributed by atoms with van der Waals surface area (Å²) < 4.78 is 12.0. The minimum Gasteiger partial charge on any atom is -0.493 e. The van der Waals surface area contributed by atoms with E-state index in [0.717, 1.165) is 35.3 Å². The van der Waals surface area contributed by atoms with Crippen molar-refractivity contribution in [1.82, 2.24) is 9.78 Å². The highest BCUT2D eigenvalue weighted by Crippen LogP contribution is 2.23. The third-order valence-electron chi connectivity index (χ3n) is 4.71. The van der Waals surface area contributed by atoms with Crippen molar-refractivity contribution in [2.75, 3.05) is 19.0 Å². The van der Waals surface area contributed by atoms with Crippen molar-refractivity contribution in [1.29, 1.82) is 0 Å². The van der Waals surface area contributed by atoms with Crippen LogP contribution < -0.4 is 10.1 Å². The summed E-state index contributed by atoms with van der Waals surface area (Å²) in [6, 6.07) is 15.2. The molecule has 30 heavy (non-hydrogen) atoms. The number of methoxy groups -OCH3 is 1. The molecule has 7 nitrogen and oxygen atoms in total. The second-order valence-corrected chi connectivity index (χ2v) is 6.61. The number of nitrogens with one attached hydrogen (secondary N) is 1. The minimum atomic E-state index is -0.726. The van der Waals surface area contributed by atoms with E-state index in [1.165, 1.54) is 11.8 Å². The number of nitrogens with zero attached hydrogens (tertiary/aromatic N) is 2. The number of para-hydroxylation sites is 2. The summed E-state index contributed by atoms with van der Waals surface area (Å²) in [5, 5.41) is 7.13. The highest BCUT2D eigenvalue weighted by Gasteiger charge is 2.21. The number of carbonyl (C=O) groups excluding carboxylic acids is 2. The van der Waals surface area contributed by atoms with E-state index in [1.54, 1.807) is 6.20 Å². The van der Waals surface area contributed by atoms with Crippen LogP contribution in [0.1, 0.15) is 35.5 Å². The lowest BCUT2D eigenvalue weighted by molar-refractivity contribution is -0.119. The molecular formula is C23H25N3O4. The molecule has 0 aliphatic heterocycles. The van der Waals surface area contributed by atoms with Gasteiger partial charge in [-0.3, -0.25) is 4.79 Å². The maximum absolute atomic E-state index is 12.5. The van der Waals surface area contributed by atoms with E-state index in [-0.39, 0.29) is 11.4 Å². The SMILES string of the molecule is CCc1cccc(CC)c1NC(=O)COC(=O)c1nn(-c2ccccc2)cc1OC. The largest absolute Gasteiger partial charge is 0.493 e. The molecule has 0 fully saturated rings. The topological polar surface area (TPSA) is 82.5 Å². The van der Waals surface area contributed by atoms with Crippen LogP contribution in [0.2, 0.25) is 0 Å². The highest BCUT2D eigenvalue weighted by atomic mass is 16.5. The first-order valence-electron chi connectivity index (χ1n) is 9.84. The normalized spacial score (nSPS) is 10.5. The lowest BCUT2D eigenvalue weighted by Crippen LogP contribution is -2.22. The Morgan fingerprint density at radius 1 is 1.00 bits per heavy atom. The second kappa shape index (κ2) is 9.73. The Hall–Kier alpha value is -3.61. The molecule has 0 unspecified atom stereocenters. The third-order valence-corrected chi connectivity index (χ3v) is 4.71. The van der Waals surface area contributed by atoms with Crippen LogP contribution in [0.5, 0.6) is 5.75 Å². The maximum Gasteiger partial charge on any atom is 0.363 e. The van der Waals surface area contributed by atoms with Gasteiger partial charge in [0.2, 0.25) is 5.69 Å². The second-order valence-electron chi connectivity index (χ2n) is 6.61. The number of aromatic nitrogens is 2. The van der Waals surface area contributed by atoms with E-state index in [0.29, 0.717) is 0 Å². The molecule has 1 N–H and O–H groups in total. The van der Waals surface area contributed by atoms with E-state index >= 15 is 0 Å². The summed E-state index contributed by atoms with van der Waals surface area (Å²) in [5.74, 6) is -0.856. The number of anilines is 1. The molecule has 3 rings (SSSR count). The number of carbonyl (C=O) groups is 2. The average Bonchev–Trinajstić information content (AvgIpc) is 3.23. The Labute approximate surface area is 175 Å². The monoisotopic (exact) mass is 407 g/mol. The smallest absolute Gasteiger partial charge is 0.363 e. The van der Waals surface area contributed by atoms with Gasteiger partial charge in [0.15, 0.2) is 12.4 Å². The molecule has 3 aromatic rings. The van der Waals surface area contributed by atoms with Gasteiger partial charge in [0.1, 0.15) is 0 Å². The highest BCUT2D eigenvalue weighted by molar-refractivity contribution is 5.96. The number of amides is 1. The van der Waals surface area contributed by atoms with E-state index in [9.17, 15) is 9.59 Å². The first-order valence-corrected chi connectivity index (χ1v) is 9.84. The predicted molar refractivity (Wildman–Crippen MR) is 114 cm³/mol. The van der Waals surface area contributed by atoms with E-state index in [1.807, 2.05) is 62.4 Å². The summed E-state index contributed by atoms with van der Waals surface area (Å²) in [4.78, 5) is 24.9. The van der Waals surface area contributed by atoms with Gasteiger partial charge in [-0.2, -0.15) is 5.10 Å². The molecule has 7 heteroatoms. The molecule has 1 amide bonds. The van der Waals surface area contributed by atoms with Crippen LogP contribution in [-0.4, -0.2) is 35.4 Å². The Morgan fingerprint density at radius 2 is 1.67 bits per heavy atom. The zero-order chi connectivity index (χ0) is 21.5. The van der Waals surface area contributed by atoms with Crippen LogP contribution in [0, 0.1) is 0 Å². The first-order chi connectivity index (χ1) is 14.6. The van der Waals surface area contributed by atoms with Crippen molar-refractivity contribution in [2.24, 2.45) is 0 Å². The molecule has 1 aromatic heterocycles. The van der Waals surface area contributed by atoms with Crippen LogP contribution in [0.4, 0.5) is 5.69 Å². The number of ether oxygens (including phenoxy) is 2. The summed E-state index contributed by atoms with van der Waals surface area (Å²) in [7, 11) is 1.45. The fourth-order valence-electron chi connectivity index (χ4n) is 3.14. The molecule has 2 aromatic carbocycles. The number of rotatable bonds is 8. The number of benzene rings is 2. The Balaban J connectivity index is 1.69. The van der Waals surface area contributed by atoms with Gasteiger partial charge in [-0.25, -0.2) is 9.48 Å². The van der Waals surface area contributed by atoms with E-state index in [2.05, 4.69) is 10.4 Å². The zero-order valence-corrected chi connectivity index (χ0v) is 17.3. The first kappa shape index (κ1) is 21.1. The Kier molecular flexibility index (Phi) is 6.85. The molecule has 156 valence electrons. The third kappa shape index (κ3) is 4.68. The number of esters is 1. The molecule has 0 radical (unpaired) electrons. The van der Waals surface area contributed by atoms with Gasteiger partial charge in [0.05, 0.1) is 19.0 Å². The van der Waals surface area contributed by atoms with E-state index < -0.39 is 18.5 Å². The number of hydrogen-bond acceptors (Lipinski definition) is 5. The fourth-order valence-corrected chi connectivity index (χ4v) is 3.14. The summed E-state index contributed by atoms with van der Waals surface area (Å²) in [6.07, 6.45) is 3.17. The molecule has 0 aliphatic carbocycles. The maximum atomic E-state index is 12.5. The van der Waals surface area contributed by atoms with Crippen molar-refractivity contribution in [3.8, 4) is 11.4 Å².